The molecule has 0 saturated heterocycles. The third kappa shape index (κ3) is 3.31. The van der Waals surface area contributed by atoms with Crippen LogP contribution in [0.15, 0.2) is 65.4 Å². The van der Waals surface area contributed by atoms with Gasteiger partial charge in [-0.2, -0.15) is 0 Å². The summed E-state index contributed by atoms with van der Waals surface area (Å²) in [6, 6.07) is 17.4. The number of halogens is 1. The van der Waals surface area contributed by atoms with Crippen LogP contribution in [0.5, 0.6) is 0 Å². The molecule has 106 valence electrons. The lowest BCUT2D eigenvalue weighted by Crippen LogP contribution is -2.18. The molecule has 0 aliphatic rings. The maximum absolute atomic E-state index is 4.19. The number of hydrogen-bond acceptors (Lipinski definition) is 2. The minimum absolute atomic E-state index is 0.294. The Balaban J connectivity index is 1.91. The average Bonchev–Trinajstić information content (AvgIpc) is 2.53. The summed E-state index contributed by atoms with van der Waals surface area (Å²) < 4.78 is 1.11. The number of nitrogens with one attached hydrogen (secondary N) is 1. The number of likely N-dealkylation sites (N-methyl/N-ethyl adjacent to an activating group) is 1. The molecule has 0 aliphatic carbocycles. The number of fused-ring (bicyclic) bond motifs is 1. The first-order chi connectivity index (χ1) is 10.3. The lowest BCUT2D eigenvalue weighted by Gasteiger charge is -2.17. The van der Waals surface area contributed by atoms with Gasteiger partial charge >= 0.3 is 0 Å². The molecule has 0 bridgehead atoms. The highest BCUT2D eigenvalue weighted by Gasteiger charge is 2.11. The van der Waals surface area contributed by atoms with Gasteiger partial charge < -0.3 is 5.32 Å². The highest BCUT2D eigenvalue weighted by Crippen LogP contribution is 2.25. The van der Waals surface area contributed by atoms with Gasteiger partial charge in [0.2, 0.25) is 0 Å². The van der Waals surface area contributed by atoms with Gasteiger partial charge in [0.1, 0.15) is 0 Å². The Hall–Kier alpha value is -1.71. The Kier molecular flexibility index (Phi) is 4.32. The Labute approximate surface area is 133 Å². The zero-order chi connectivity index (χ0) is 14.7. The van der Waals surface area contributed by atoms with Gasteiger partial charge in [0.15, 0.2) is 0 Å². The Morgan fingerprint density at radius 1 is 1.10 bits per heavy atom. The van der Waals surface area contributed by atoms with Crippen molar-refractivity contribution < 1.29 is 0 Å². The second kappa shape index (κ2) is 6.37. The molecule has 3 rings (SSSR count). The van der Waals surface area contributed by atoms with Crippen LogP contribution >= 0.6 is 15.9 Å². The van der Waals surface area contributed by atoms with Crippen molar-refractivity contribution in [3.63, 3.8) is 0 Å². The molecule has 0 fully saturated rings. The van der Waals surface area contributed by atoms with Crippen LogP contribution in [0.1, 0.15) is 17.2 Å². The smallest absolute Gasteiger partial charge is 0.0359 e. The van der Waals surface area contributed by atoms with Crippen molar-refractivity contribution in [3.05, 3.63) is 76.5 Å². The predicted molar refractivity (Wildman–Crippen MR) is 91.4 cm³/mol. The standard InChI is InChI=1S/C18H17BrN2/c1-20-18(9-13-3-2-8-21-12-13)16-5-4-15-11-17(19)7-6-14(15)10-16/h2-8,10-12,18,20H,9H2,1H3. The van der Waals surface area contributed by atoms with E-state index in [4.69, 9.17) is 0 Å². The van der Waals surface area contributed by atoms with Crippen molar-refractivity contribution in [1.82, 2.24) is 10.3 Å². The molecule has 0 radical (unpaired) electrons. The van der Waals surface area contributed by atoms with Crippen molar-refractivity contribution >= 4 is 26.7 Å². The highest BCUT2D eigenvalue weighted by molar-refractivity contribution is 9.10. The lowest BCUT2D eigenvalue weighted by molar-refractivity contribution is 0.592. The maximum atomic E-state index is 4.19. The van der Waals surface area contributed by atoms with Crippen LogP contribution < -0.4 is 5.32 Å². The summed E-state index contributed by atoms with van der Waals surface area (Å²) in [6.07, 6.45) is 4.68. The van der Waals surface area contributed by atoms with E-state index in [0.717, 1.165) is 10.9 Å². The van der Waals surface area contributed by atoms with Gasteiger partial charge in [0.05, 0.1) is 0 Å². The van der Waals surface area contributed by atoms with E-state index in [2.05, 4.69) is 68.7 Å². The molecule has 0 aliphatic heterocycles. The minimum Gasteiger partial charge on any atom is -0.313 e. The Morgan fingerprint density at radius 3 is 2.67 bits per heavy atom. The zero-order valence-corrected chi connectivity index (χ0v) is 13.5. The average molecular weight is 341 g/mol. The van der Waals surface area contributed by atoms with Crippen LogP contribution in [-0.2, 0) is 6.42 Å². The van der Waals surface area contributed by atoms with Crippen molar-refractivity contribution in [2.24, 2.45) is 0 Å². The minimum atomic E-state index is 0.294. The zero-order valence-electron chi connectivity index (χ0n) is 11.9. The quantitative estimate of drug-likeness (QED) is 0.756. The molecule has 2 aromatic carbocycles. The molecule has 1 unspecified atom stereocenters. The van der Waals surface area contributed by atoms with E-state index in [1.807, 2.05) is 25.5 Å². The molecular formula is C18H17BrN2. The van der Waals surface area contributed by atoms with Crippen molar-refractivity contribution in [2.75, 3.05) is 7.05 Å². The van der Waals surface area contributed by atoms with Gasteiger partial charge in [-0.15, -0.1) is 0 Å². The molecule has 1 aromatic heterocycles. The topological polar surface area (TPSA) is 24.9 Å². The van der Waals surface area contributed by atoms with Gasteiger partial charge in [-0.05, 0) is 59.6 Å². The third-order valence-corrected chi connectivity index (χ3v) is 4.23. The molecule has 2 nitrogen and oxygen atoms in total. The number of hydrogen-bond donors (Lipinski definition) is 1. The van der Waals surface area contributed by atoms with Gasteiger partial charge in [-0.1, -0.05) is 40.2 Å². The molecular weight excluding hydrogens is 324 g/mol. The largest absolute Gasteiger partial charge is 0.313 e. The van der Waals surface area contributed by atoms with Crippen LogP contribution in [0.25, 0.3) is 10.8 Å². The molecule has 0 amide bonds. The first kappa shape index (κ1) is 14.2. The van der Waals surface area contributed by atoms with Gasteiger partial charge in [0.25, 0.3) is 0 Å². The SMILES string of the molecule is CNC(Cc1cccnc1)c1ccc2cc(Br)ccc2c1. The van der Waals surface area contributed by atoms with E-state index in [9.17, 15) is 0 Å². The number of aromatic nitrogens is 1. The van der Waals surface area contributed by atoms with Crippen molar-refractivity contribution in [1.29, 1.82) is 0 Å². The number of benzene rings is 2. The Morgan fingerprint density at radius 2 is 1.90 bits per heavy atom. The lowest BCUT2D eigenvalue weighted by atomic mass is 9.97. The van der Waals surface area contributed by atoms with E-state index in [-0.39, 0.29) is 0 Å². The van der Waals surface area contributed by atoms with Crippen LogP contribution in [-0.4, -0.2) is 12.0 Å². The summed E-state index contributed by atoms with van der Waals surface area (Å²) >= 11 is 3.52. The number of nitrogens with zero attached hydrogens (tertiary/aromatic N) is 1. The molecule has 0 spiro atoms. The van der Waals surface area contributed by atoms with Crippen molar-refractivity contribution in [3.8, 4) is 0 Å². The van der Waals surface area contributed by atoms with Gasteiger partial charge in [0, 0.05) is 22.9 Å². The summed E-state index contributed by atoms with van der Waals surface area (Å²) in [5.41, 5.74) is 2.55. The fourth-order valence-electron chi connectivity index (χ4n) is 2.59. The van der Waals surface area contributed by atoms with Gasteiger partial charge in [-0.25, -0.2) is 0 Å². The third-order valence-electron chi connectivity index (χ3n) is 3.74. The fourth-order valence-corrected chi connectivity index (χ4v) is 2.97. The highest BCUT2D eigenvalue weighted by atomic mass is 79.9. The van der Waals surface area contributed by atoms with E-state index in [0.29, 0.717) is 6.04 Å². The molecule has 3 heteroatoms. The predicted octanol–water partition coefficient (Wildman–Crippen LogP) is 4.50. The van der Waals surface area contributed by atoms with E-state index >= 15 is 0 Å². The summed E-state index contributed by atoms with van der Waals surface area (Å²) in [7, 11) is 2.01. The van der Waals surface area contributed by atoms with E-state index < -0.39 is 0 Å². The molecule has 1 atom stereocenters. The van der Waals surface area contributed by atoms with Crippen molar-refractivity contribution in [2.45, 2.75) is 12.5 Å². The maximum Gasteiger partial charge on any atom is 0.0359 e. The van der Waals surface area contributed by atoms with E-state index in [1.54, 1.807) is 0 Å². The summed E-state index contributed by atoms with van der Waals surface area (Å²) in [6.45, 7) is 0. The summed E-state index contributed by atoms with van der Waals surface area (Å²) in [4.78, 5) is 4.19. The molecule has 3 aromatic rings. The second-order valence-corrected chi connectivity index (χ2v) is 6.07. The van der Waals surface area contributed by atoms with Crippen LogP contribution in [0.2, 0.25) is 0 Å². The van der Waals surface area contributed by atoms with Gasteiger partial charge in [-0.3, -0.25) is 4.98 Å². The molecule has 1 heterocycles. The van der Waals surface area contributed by atoms with Crippen LogP contribution in [0.3, 0.4) is 0 Å². The molecule has 0 saturated carbocycles. The first-order valence-corrected chi connectivity index (χ1v) is 7.81. The van der Waals surface area contributed by atoms with Crippen LogP contribution in [0.4, 0.5) is 0 Å². The molecule has 1 N–H and O–H groups in total. The van der Waals surface area contributed by atoms with E-state index in [1.165, 1.54) is 21.9 Å². The first-order valence-electron chi connectivity index (χ1n) is 7.01. The normalized spacial score (nSPS) is 12.5. The second-order valence-electron chi connectivity index (χ2n) is 5.16. The van der Waals surface area contributed by atoms with Crippen LogP contribution in [0, 0.1) is 0 Å². The monoisotopic (exact) mass is 340 g/mol. The molecule has 21 heavy (non-hydrogen) atoms. The number of rotatable bonds is 4. The fraction of sp³-hybridized carbons (Fsp3) is 0.167. The summed E-state index contributed by atoms with van der Waals surface area (Å²) in [5.74, 6) is 0. The Bertz CT molecular complexity index is 741. The summed E-state index contributed by atoms with van der Waals surface area (Å²) in [5, 5.41) is 5.93. The number of pyridine rings is 1.